The highest BCUT2D eigenvalue weighted by atomic mass is 16.5. The van der Waals surface area contributed by atoms with Crippen LogP contribution in [-0.2, 0) is 11.2 Å². The van der Waals surface area contributed by atoms with Crippen molar-refractivity contribution in [3.8, 4) is 0 Å². The molecule has 0 spiro atoms. The molecule has 2 aliphatic rings. The molecule has 0 bridgehead atoms. The van der Waals surface area contributed by atoms with Crippen LogP contribution in [0.25, 0.3) is 0 Å². The summed E-state index contributed by atoms with van der Waals surface area (Å²) in [6, 6.07) is 8.19. The number of amides is 1. The average molecular weight is 297 g/mol. The monoisotopic (exact) mass is 297 g/mol. The Bertz CT molecular complexity index is 688. The molecule has 1 atom stereocenters. The van der Waals surface area contributed by atoms with Gasteiger partial charge in [-0.2, -0.15) is 4.98 Å². The third-order valence-electron chi connectivity index (χ3n) is 4.53. The van der Waals surface area contributed by atoms with Crippen LogP contribution in [0.1, 0.15) is 55.3 Å². The fourth-order valence-corrected chi connectivity index (χ4v) is 2.95. The van der Waals surface area contributed by atoms with E-state index in [0.29, 0.717) is 24.8 Å². The first-order chi connectivity index (χ1) is 10.7. The highest BCUT2D eigenvalue weighted by Gasteiger charge is 2.36. The largest absolute Gasteiger partial charge is 0.339 e. The van der Waals surface area contributed by atoms with Gasteiger partial charge in [0.2, 0.25) is 11.8 Å². The zero-order chi connectivity index (χ0) is 15.1. The van der Waals surface area contributed by atoms with Crippen LogP contribution < -0.4 is 4.90 Å². The lowest BCUT2D eigenvalue weighted by atomic mass is 10.1. The third-order valence-corrected chi connectivity index (χ3v) is 4.53. The van der Waals surface area contributed by atoms with Gasteiger partial charge < -0.3 is 9.42 Å². The van der Waals surface area contributed by atoms with Crippen molar-refractivity contribution in [2.24, 2.45) is 0 Å². The van der Waals surface area contributed by atoms with Crippen molar-refractivity contribution >= 4 is 11.6 Å². The molecule has 4 rings (SSSR count). The van der Waals surface area contributed by atoms with E-state index in [1.807, 2.05) is 17.0 Å². The SMILES string of the molecule is CCc1ccc(N2CC(c3nc(C4CC4)no3)CC2=O)cc1. The summed E-state index contributed by atoms with van der Waals surface area (Å²) in [7, 11) is 0. The van der Waals surface area contributed by atoms with Crippen LogP contribution in [0.4, 0.5) is 5.69 Å². The molecule has 1 aliphatic carbocycles. The number of carbonyl (C=O) groups is 1. The van der Waals surface area contributed by atoms with Gasteiger partial charge in [-0.1, -0.05) is 24.2 Å². The molecule has 0 N–H and O–H groups in total. The summed E-state index contributed by atoms with van der Waals surface area (Å²) in [4.78, 5) is 18.6. The van der Waals surface area contributed by atoms with E-state index in [2.05, 4.69) is 29.2 Å². The van der Waals surface area contributed by atoms with Crippen LogP contribution in [0, 0.1) is 0 Å². The molecule has 5 nitrogen and oxygen atoms in total. The molecule has 5 heteroatoms. The van der Waals surface area contributed by atoms with Gasteiger partial charge in [-0.15, -0.1) is 0 Å². The fraction of sp³-hybridized carbons (Fsp3) is 0.471. The van der Waals surface area contributed by atoms with Gasteiger partial charge >= 0.3 is 0 Å². The van der Waals surface area contributed by atoms with Crippen molar-refractivity contribution < 1.29 is 9.32 Å². The maximum atomic E-state index is 12.3. The summed E-state index contributed by atoms with van der Waals surface area (Å²) < 4.78 is 5.38. The molecule has 114 valence electrons. The molecular weight excluding hydrogens is 278 g/mol. The number of benzene rings is 1. The number of carbonyl (C=O) groups excluding carboxylic acids is 1. The Morgan fingerprint density at radius 3 is 2.68 bits per heavy atom. The second-order valence-corrected chi connectivity index (χ2v) is 6.19. The molecule has 1 saturated carbocycles. The Morgan fingerprint density at radius 1 is 1.23 bits per heavy atom. The van der Waals surface area contributed by atoms with E-state index < -0.39 is 0 Å². The lowest BCUT2D eigenvalue weighted by molar-refractivity contribution is -0.117. The molecule has 1 amide bonds. The second-order valence-electron chi connectivity index (χ2n) is 6.19. The van der Waals surface area contributed by atoms with Gasteiger partial charge in [0.15, 0.2) is 5.82 Å². The standard InChI is InChI=1S/C17H19N3O2/c1-2-11-3-7-14(8-4-11)20-10-13(9-15(20)21)17-18-16(19-22-17)12-5-6-12/h3-4,7-8,12-13H,2,5-6,9-10H2,1H3. The smallest absolute Gasteiger partial charge is 0.232 e. The Morgan fingerprint density at radius 2 is 2.00 bits per heavy atom. The molecule has 1 aromatic heterocycles. The predicted molar refractivity (Wildman–Crippen MR) is 81.8 cm³/mol. The Kier molecular flexibility index (Phi) is 3.21. The predicted octanol–water partition coefficient (Wildman–Crippen LogP) is 3.03. The summed E-state index contributed by atoms with van der Waals surface area (Å²) >= 11 is 0. The van der Waals surface area contributed by atoms with Gasteiger partial charge in [0, 0.05) is 24.6 Å². The number of nitrogens with zero attached hydrogens (tertiary/aromatic N) is 3. The van der Waals surface area contributed by atoms with E-state index in [1.54, 1.807) is 0 Å². The number of rotatable bonds is 4. The lowest BCUT2D eigenvalue weighted by Crippen LogP contribution is -2.24. The highest BCUT2D eigenvalue weighted by Crippen LogP contribution is 2.39. The van der Waals surface area contributed by atoms with E-state index in [0.717, 1.165) is 30.8 Å². The molecular formula is C17H19N3O2. The Hall–Kier alpha value is -2.17. The minimum atomic E-state index is 0.0124. The molecule has 22 heavy (non-hydrogen) atoms. The third kappa shape index (κ3) is 2.40. The van der Waals surface area contributed by atoms with Crippen molar-refractivity contribution in [3.05, 3.63) is 41.5 Å². The minimum Gasteiger partial charge on any atom is -0.339 e. The molecule has 2 fully saturated rings. The van der Waals surface area contributed by atoms with Crippen LogP contribution in [0.15, 0.2) is 28.8 Å². The summed E-state index contributed by atoms with van der Waals surface area (Å²) in [6.45, 7) is 2.75. The van der Waals surface area contributed by atoms with Gasteiger partial charge in [-0.25, -0.2) is 0 Å². The van der Waals surface area contributed by atoms with E-state index >= 15 is 0 Å². The maximum absolute atomic E-state index is 12.3. The van der Waals surface area contributed by atoms with Crippen LogP contribution in [0.5, 0.6) is 0 Å². The van der Waals surface area contributed by atoms with Gasteiger partial charge in [-0.05, 0) is 37.0 Å². The number of anilines is 1. The first-order valence-corrected chi connectivity index (χ1v) is 7.97. The molecule has 1 aliphatic heterocycles. The van der Waals surface area contributed by atoms with Crippen molar-refractivity contribution in [3.63, 3.8) is 0 Å². The van der Waals surface area contributed by atoms with E-state index in [-0.39, 0.29) is 11.8 Å². The van der Waals surface area contributed by atoms with Crippen molar-refractivity contribution in [1.82, 2.24) is 10.1 Å². The number of aryl methyl sites for hydroxylation is 1. The minimum absolute atomic E-state index is 0.0124. The Labute approximate surface area is 129 Å². The maximum Gasteiger partial charge on any atom is 0.232 e. The van der Waals surface area contributed by atoms with Crippen LogP contribution >= 0.6 is 0 Å². The van der Waals surface area contributed by atoms with Gasteiger partial charge in [0.05, 0.1) is 5.92 Å². The molecule has 2 aromatic rings. The highest BCUT2D eigenvalue weighted by molar-refractivity contribution is 5.96. The Balaban J connectivity index is 1.51. The van der Waals surface area contributed by atoms with Gasteiger partial charge in [0.1, 0.15) is 0 Å². The zero-order valence-electron chi connectivity index (χ0n) is 12.7. The van der Waals surface area contributed by atoms with Crippen molar-refractivity contribution in [2.45, 2.75) is 44.4 Å². The summed E-state index contributed by atoms with van der Waals surface area (Å²) in [5, 5.41) is 4.05. The van der Waals surface area contributed by atoms with Gasteiger partial charge in [-0.3, -0.25) is 4.79 Å². The summed E-state index contributed by atoms with van der Waals surface area (Å²) in [5.41, 5.74) is 2.23. The first kappa shape index (κ1) is 13.5. The molecule has 2 heterocycles. The van der Waals surface area contributed by atoms with E-state index in [4.69, 9.17) is 4.52 Å². The summed E-state index contributed by atoms with van der Waals surface area (Å²) in [6.07, 6.45) is 3.75. The summed E-state index contributed by atoms with van der Waals surface area (Å²) in [5.74, 6) is 2.04. The number of hydrogen-bond donors (Lipinski definition) is 0. The number of hydrogen-bond acceptors (Lipinski definition) is 4. The zero-order valence-corrected chi connectivity index (χ0v) is 12.7. The van der Waals surface area contributed by atoms with Crippen molar-refractivity contribution in [2.75, 3.05) is 11.4 Å². The van der Waals surface area contributed by atoms with E-state index in [9.17, 15) is 4.79 Å². The lowest BCUT2D eigenvalue weighted by Gasteiger charge is -2.16. The van der Waals surface area contributed by atoms with Gasteiger partial charge in [0.25, 0.3) is 0 Å². The van der Waals surface area contributed by atoms with Crippen LogP contribution in [0.3, 0.4) is 0 Å². The molecule has 1 unspecified atom stereocenters. The number of aromatic nitrogens is 2. The first-order valence-electron chi connectivity index (χ1n) is 7.97. The quantitative estimate of drug-likeness (QED) is 0.870. The van der Waals surface area contributed by atoms with E-state index in [1.165, 1.54) is 5.56 Å². The second kappa shape index (κ2) is 5.23. The average Bonchev–Trinajstić information content (AvgIpc) is 3.15. The normalized spacial score (nSPS) is 21.6. The molecule has 0 radical (unpaired) electrons. The van der Waals surface area contributed by atoms with Crippen molar-refractivity contribution in [1.29, 1.82) is 0 Å². The van der Waals surface area contributed by atoms with Crippen LogP contribution in [-0.4, -0.2) is 22.6 Å². The fourth-order valence-electron chi connectivity index (χ4n) is 2.95. The molecule has 1 aromatic carbocycles. The van der Waals surface area contributed by atoms with Crippen LogP contribution in [0.2, 0.25) is 0 Å². The molecule has 1 saturated heterocycles. The topological polar surface area (TPSA) is 59.2 Å².